The molecular weight excluding hydrogens is 343 g/mol. The number of rotatable bonds is 5. The van der Waals surface area contributed by atoms with Gasteiger partial charge in [0.15, 0.2) is 0 Å². The fourth-order valence-electron chi connectivity index (χ4n) is 2.06. The fourth-order valence-corrected chi connectivity index (χ4v) is 2.59. The van der Waals surface area contributed by atoms with Crippen molar-refractivity contribution in [2.24, 2.45) is 5.84 Å². The molecule has 0 aromatic heterocycles. The summed E-state index contributed by atoms with van der Waals surface area (Å²) in [6.45, 7) is 0. The molecule has 1 unspecified atom stereocenters. The van der Waals surface area contributed by atoms with E-state index < -0.39 is 0 Å². The predicted molar refractivity (Wildman–Crippen MR) is 84.1 cm³/mol. The molecule has 5 heteroatoms. The van der Waals surface area contributed by atoms with Gasteiger partial charge in [0.05, 0.1) is 0 Å². The van der Waals surface area contributed by atoms with Crippen LogP contribution in [0, 0.1) is 5.82 Å². The van der Waals surface area contributed by atoms with E-state index in [1.807, 2.05) is 24.3 Å². The van der Waals surface area contributed by atoms with Crippen molar-refractivity contribution < 1.29 is 4.39 Å². The maximum Gasteiger partial charge on any atom is 0.126 e. The van der Waals surface area contributed by atoms with Crippen LogP contribution in [0.4, 0.5) is 4.39 Å². The van der Waals surface area contributed by atoms with E-state index in [1.165, 1.54) is 6.07 Å². The summed E-state index contributed by atoms with van der Waals surface area (Å²) < 4.78 is 14.6. The molecule has 3 N–H and O–H groups in total. The first-order chi connectivity index (χ1) is 9.58. The molecule has 0 heterocycles. The van der Waals surface area contributed by atoms with Crippen molar-refractivity contribution in [3.8, 4) is 0 Å². The zero-order valence-corrected chi connectivity index (χ0v) is 13.1. The number of nitrogens with two attached hydrogens (primary N) is 1. The standard InChI is InChI=1S/C15H15BrClFN2/c16-12-3-6-15(18)11(8-12)9-14(20-19)7-10-1-4-13(17)5-2-10/h1-6,8,14,20H,7,9,19H2. The van der Waals surface area contributed by atoms with Crippen LogP contribution >= 0.6 is 27.5 Å². The second-order valence-electron chi connectivity index (χ2n) is 4.63. The fraction of sp³-hybridized carbons (Fsp3) is 0.200. The predicted octanol–water partition coefficient (Wildman–Crippen LogP) is 3.86. The van der Waals surface area contributed by atoms with Crippen molar-refractivity contribution in [1.29, 1.82) is 0 Å². The minimum absolute atomic E-state index is 0.0417. The molecule has 1 atom stereocenters. The third-order valence-electron chi connectivity index (χ3n) is 3.11. The molecular formula is C15H15BrClFN2. The number of hydrogen-bond acceptors (Lipinski definition) is 2. The summed E-state index contributed by atoms with van der Waals surface area (Å²) >= 11 is 9.20. The Hall–Kier alpha value is -0.940. The van der Waals surface area contributed by atoms with E-state index in [9.17, 15) is 4.39 Å². The van der Waals surface area contributed by atoms with Crippen LogP contribution in [0.15, 0.2) is 46.9 Å². The minimum atomic E-state index is -0.218. The normalized spacial score (nSPS) is 12.4. The summed E-state index contributed by atoms with van der Waals surface area (Å²) in [6, 6.07) is 12.4. The Morgan fingerprint density at radius 3 is 2.50 bits per heavy atom. The zero-order chi connectivity index (χ0) is 14.5. The van der Waals surface area contributed by atoms with E-state index in [-0.39, 0.29) is 11.9 Å². The summed E-state index contributed by atoms with van der Waals surface area (Å²) in [4.78, 5) is 0. The van der Waals surface area contributed by atoms with Gasteiger partial charge in [0.2, 0.25) is 0 Å². The van der Waals surface area contributed by atoms with Crippen LogP contribution in [0.25, 0.3) is 0 Å². The first kappa shape index (κ1) is 15.4. The van der Waals surface area contributed by atoms with Crippen LogP contribution in [0.1, 0.15) is 11.1 Å². The molecule has 0 amide bonds. The van der Waals surface area contributed by atoms with Crippen molar-refractivity contribution in [1.82, 2.24) is 5.43 Å². The third-order valence-corrected chi connectivity index (χ3v) is 3.85. The van der Waals surface area contributed by atoms with Crippen LogP contribution < -0.4 is 11.3 Å². The Labute approximate surface area is 131 Å². The smallest absolute Gasteiger partial charge is 0.126 e. The second kappa shape index (κ2) is 7.18. The first-order valence-corrected chi connectivity index (χ1v) is 7.40. The summed E-state index contributed by atoms with van der Waals surface area (Å²) in [5, 5.41) is 0.698. The van der Waals surface area contributed by atoms with Gasteiger partial charge in [0.25, 0.3) is 0 Å². The van der Waals surface area contributed by atoms with Crippen LogP contribution in [0.2, 0.25) is 5.02 Å². The molecule has 0 aliphatic carbocycles. The Kier molecular flexibility index (Phi) is 5.54. The highest BCUT2D eigenvalue weighted by molar-refractivity contribution is 9.10. The lowest BCUT2D eigenvalue weighted by Crippen LogP contribution is -2.38. The number of hydrazine groups is 1. The van der Waals surface area contributed by atoms with Gasteiger partial charge in [-0.3, -0.25) is 11.3 Å². The molecule has 0 spiro atoms. The molecule has 2 nitrogen and oxygen atoms in total. The zero-order valence-electron chi connectivity index (χ0n) is 10.7. The Balaban J connectivity index is 2.08. The van der Waals surface area contributed by atoms with E-state index >= 15 is 0 Å². The number of hydrogen-bond donors (Lipinski definition) is 2. The highest BCUT2D eigenvalue weighted by Crippen LogP contribution is 2.18. The van der Waals surface area contributed by atoms with Gasteiger partial charge in [-0.2, -0.15) is 0 Å². The molecule has 0 saturated carbocycles. The molecule has 20 heavy (non-hydrogen) atoms. The highest BCUT2D eigenvalue weighted by Gasteiger charge is 2.12. The maximum atomic E-state index is 13.8. The van der Waals surface area contributed by atoms with E-state index in [4.69, 9.17) is 17.4 Å². The van der Waals surface area contributed by atoms with Crippen molar-refractivity contribution in [2.45, 2.75) is 18.9 Å². The first-order valence-electron chi connectivity index (χ1n) is 6.23. The average Bonchev–Trinajstić information content (AvgIpc) is 2.44. The van der Waals surface area contributed by atoms with E-state index in [2.05, 4.69) is 21.4 Å². The minimum Gasteiger partial charge on any atom is -0.271 e. The van der Waals surface area contributed by atoms with E-state index in [0.29, 0.717) is 23.4 Å². The number of benzene rings is 2. The van der Waals surface area contributed by atoms with Crippen LogP contribution in [0.3, 0.4) is 0 Å². The highest BCUT2D eigenvalue weighted by atomic mass is 79.9. The molecule has 0 radical (unpaired) electrons. The quantitative estimate of drug-likeness (QED) is 0.630. The summed E-state index contributed by atoms with van der Waals surface area (Å²) in [5.41, 5.74) is 4.49. The lowest BCUT2D eigenvalue weighted by molar-refractivity contribution is 0.506. The van der Waals surface area contributed by atoms with Crippen LogP contribution in [-0.4, -0.2) is 6.04 Å². The van der Waals surface area contributed by atoms with Crippen molar-refractivity contribution >= 4 is 27.5 Å². The van der Waals surface area contributed by atoms with Gasteiger partial charge in [-0.25, -0.2) is 4.39 Å². The Bertz CT molecular complexity index is 575. The van der Waals surface area contributed by atoms with Gasteiger partial charge in [-0.05, 0) is 54.3 Å². The van der Waals surface area contributed by atoms with Crippen molar-refractivity contribution in [2.75, 3.05) is 0 Å². The SMILES string of the molecule is NNC(Cc1ccc(Cl)cc1)Cc1cc(Br)ccc1F. The molecule has 0 aliphatic rings. The van der Waals surface area contributed by atoms with Gasteiger partial charge >= 0.3 is 0 Å². The summed E-state index contributed by atoms with van der Waals surface area (Å²) in [5.74, 6) is 5.36. The molecule has 0 bridgehead atoms. The molecule has 0 fully saturated rings. The Morgan fingerprint density at radius 1 is 1.15 bits per heavy atom. The van der Waals surface area contributed by atoms with Gasteiger partial charge < -0.3 is 0 Å². The van der Waals surface area contributed by atoms with Gasteiger partial charge in [-0.1, -0.05) is 39.7 Å². The third kappa shape index (κ3) is 4.28. The molecule has 2 rings (SSSR count). The monoisotopic (exact) mass is 356 g/mol. The van der Waals surface area contributed by atoms with Crippen LogP contribution in [-0.2, 0) is 12.8 Å². The number of halogens is 3. The van der Waals surface area contributed by atoms with E-state index in [1.54, 1.807) is 12.1 Å². The van der Waals surface area contributed by atoms with Crippen molar-refractivity contribution in [3.63, 3.8) is 0 Å². The van der Waals surface area contributed by atoms with Crippen LogP contribution in [0.5, 0.6) is 0 Å². The largest absolute Gasteiger partial charge is 0.271 e. The molecule has 2 aromatic carbocycles. The second-order valence-corrected chi connectivity index (χ2v) is 5.99. The molecule has 0 aliphatic heterocycles. The molecule has 106 valence electrons. The number of nitrogens with one attached hydrogen (secondary N) is 1. The summed E-state index contributed by atoms with van der Waals surface area (Å²) in [7, 11) is 0. The van der Waals surface area contributed by atoms with Crippen molar-refractivity contribution in [3.05, 3.63) is 68.9 Å². The summed E-state index contributed by atoms with van der Waals surface area (Å²) in [6.07, 6.45) is 1.23. The lowest BCUT2D eigenvalue weighted by Gasteiger charge is -2.16. The van der Waals surface area contributed by atoms with Gasteiger partial charge in [-0.15, -0.1) is 0 Å². The molecule has 2 aromatic rings. The lowest BCUT2D eigenvalue weighted by atomic mass is 9.99. The van der Waals surface area contributed by atoms with Gasteiger partial charge in [0, 0.05) is 15.5 Å². The van der Waals surface area contributed by atoms with Gasteiger partial charge in [0.1, 0.15) is 5.82 Å². The van der Waals surface area contributed by atoms with E-state index in [0.717, 1.165) is 10.0 Å². The average molecular weight is 358 g/mol. The topological polar surface area (TPSA) is 38.0 Å². The maximum absolute atomic E-state index is 13.8. The molecule has 0 saturated heterocycles. The Morgan fingerprint density at radius 2 is 1.85 bits per heavy atom.